The summed E-state index contributed by atoms with van der Waals surface area (Å²) in [4.78, 5) is 15.9. The summed E-state index contributed by atoms with van der Waals surface area (Å²) in [5.41, 5.74) is 7.38. The number of hydrogen-bond donors (Lipinski definition) is 0. The second-order valence-electron chi connectivity index (χ2n) is 6.36. The lowest BCUT2D eigenvalue weighted by Crippen LogP contribution is -1.99. The molecule has 0 saturated carbocycles. The van der Waals surface area contributed by atoms with Gasteiger partial charge in [-0.2, -0.15) is 0 Å². The topological polar surface area (TPSA) is 34.4 Å². The fourth-order valence-electron chi connectivity index (χ4n) is 3.01. The summed E-state index contributed by atoms with van der Waals surface area (Å²) < 4.78 is 2.24. The SMILES string of the molecule is CC(=O)c1ccc(N=Cc2cc(C)n(-c3cccc(C)c3)c2C)cc1. The maximum atomic E-state index is 11.3. The maximum absolute atomic E-state index is 11.3. The Morgan fingerprint density at radius 1 is 1.00 bits per heavy atom. The quantitative estimate of drug-likeness (QED) is 0.468. The van der Waals surface area contributed by atoms with Gasteiger partial charge in [-0.3, -0.25) is 9.79 Å². The third-order valence-electron chi connectivity index (χ3n) is 4.36. The maximum Gasteiger partial charge on any atom is 0.159 e. The highest BCUT2D eigenvalue weighted by Crippen LogP contribution is 2.21. The average Bonchev–Trinajstić information content (AvgIpc) is 2.87. The van der Waals surface area contributed by atoms with Gasteiger partial charge >= 0.3 is 0 Å². The van der Waals surface area contributed by atoms with E-state index in [1.165, 1.54) is 16.9 Å². The molecule has 0 unspecified atom stereocenters. The first-order chi connectivity index (χ1) is 12.0. The number of hydrogen-bond acceptors (Lipinski definition) is 2. The molecular formula is C22H22N2O. The fraction of sp³-hybridized carbons (Fsp3) is 0.182. The van der Waals surface area contributed by atoms with E-state index in [1.54, 1.807) is 6.92 Å². The highest BCUT2D eigenvalue weighted by molar-refractivity contribution is 5.94. The van der Waals surface area contributed by atoms with Crippen LogP contribution in [0.1, 0.15) is 39.8 Å². The summed E-state index contributed by atoms with van der Waals surface area (Å²) in [5.74, 6) is 0.0669. The number of aliphatic imine (C=N–C) groups is 1. The van der Waals surface area contributed by atoms with Gasteiger partial charge in [0.15, 0.2) is 5.78 Å². The zero-order valence-electron chi connectivity index (χ0n) is 15.1. The lowest BCUT2D eigenvalue weighted by Gasteiger charge is -2.10. The zero-order valence-corrected chi connectivity index (χ0v) is 15.1. The van der Waals surface area contributed by atoms with Crippen molar-refractivity contribution in [3.05, 3.63) is 82.7 Å². The van der Waals surface area contributed by atoms with E-state index in [2.05, 4.69) is 60.7 Å². The Bertz CT molecular complexity index is 947. The highest BCUT2D eigenvalue weighted by Gasteiger charge is 2.09. The van der Waals surface area contributed by atoms with Gasteiger partial charge in [0.25, 0.3) is 0 Å². The fourth-order valence-corrected chi connectivity index (χ4v) is 3.01. The molecule has 3 heteroatoms. The molecule has 0 saturated heterocycles. The average molecular weight is 330 g/mol. The number of nitrogens with zero attached hydrogens (tertiary/aromatic N) is 2. The summed E-state index contributed by atoms with van der Waals surface area (Å²) in [5, 5.41) is 0. The van der Waals surface area contributed by atoms with E-state index in [0.717, 1.165) is 16.9 Å². The monoisotopic (exact) mass is 330 g/mol. The van der Waals surface area contributed by atoms with Gasteiger partial charge in [0, 0.05) is 34.4 Å². The van der Waals surface area contributed by atoms with Crippen molar-refractivity contribution in [3.63, 3.8) is 0 Å². The van der Waals surface area contributed by atoms with E-state index in [9.17, 15) is 4.79 Å². The van der Waals surface area contributed by atoms with Crippen LogP contribution in [0.15, 0.2) is 59.6 Å². The van der Waals surface area contributed by atoms with E-state index in [1.807, 2.05) is 30.5 Å². The number of rotatable bonds is 4. The minimum atomic E-state index is 0.0669. The summed E-state index contributed by atoms with van der Waals surface area (Å²) >= 11 is 0. The number of carbonyl (C=O) groups is 1. The number of carbonyl (C=O) groups excluding carboxylic acids is 1. The van der Waals surface area contributed by atoms with Crippen LogP contribution in [-0.4, -0.2) is 16.6 Å². The summed E-state index contributed by atoms with van der Waals surface area (Å²) in [6, 6.07) is 18.0. The van der Waals surface area contributed by atoms with Crippen molar-refractivity contribution in [2.45, 2.75) is 27.7 Å². The molecule has 3 nitrogen and oxygen atoms in total. The van der Waals surface area contributed by atoms with Gasteiger partial charge in [0.1, 0.15) is 0 Å². The highest BCUT2D eigenvalue weighted by atomic mass is 16.1. The van der Waals surface area contributed by atoms with E-state index >= 15 is 0 Å². The molecule has 1 heterocycles. The van der Waals surface area contributed by atoms with Crippen molar-refractivity contribution in [1.29, 1.82) is 0 Å². The summed E-state index contributed by atoms with van der Waals surface area (Å²) in [6.45, 7) is 7.88. The molecule has 3 rings (SSSR count). The summed E-state index contributed by atoms with van der Waals surface area (Å²) in [6.07, 6.45) is 1.89. The van der Waals surface area contributed by atoms with Crippen LogP contribution in [-0.2, 0) is 0 Å². The van der Waals surface area contributed by atoms with Crippen molar-refractivity contribution < 1.29 is 4.79 Å². The van der Waals surface area contributed by atoms with Gasteiger partial charge in [-0.05, 0) is 75.7 Å². The van der Waals surface area contributed by atoms with Crippen molar-refractivity contribution in [2.24, 2.45) is 4.99 Å². The lowest BCUT2D eigenvalue weighted by molar-refractivity contribution is 0.101. The van der Waals surface area contributed by atoms with Crippen LogP contribution in [0.5, 0.6) is 0 Å². The van der Waals surface area contributed by atoms with Crippen LogP contribution in [0.4, 0.5) is 5.69 Å². The lowest BCUT2D eigenvalue weighted by atomic mass is 10.1. The third kappa shape index (κ3) is 3.61. The number of aromatic nitrogens is 1. The van der Waals surface area contributed by atoms with Gasteiger partial charge < -0.3 is 4.57 Å². The molecule has 0 aliphatic heterocycles. The van der Waals surface area contributed by atoms with E-state index < -0.39 is 0 Å². The van der Waals surface area contributed by atoms with Gasteiger partial charge in [0.05, 0.1) is 5.69 Å². The van der Waals surface area contributed by atoms with Gasteiger partial charge in [-0.15, -0.1) is 0 Å². The molecule has 3 aromatic rings. The minimum absolute atomic E-state index is 0.0669. The van der Waals surface area contributed by atoms with Gasteiger partial charge in [-0.1, -0.05) is 12.1 Å². The molecule has 0 bridgehead atoms. The van der Waals surface area contributed by atoms with E-state index in [0.29, 0.717) is 5.56 Å². The Morgan fingerprint density at radius 3 is 2.36 bits per heavy atom. The summed E-state index contributed by atoms with van der Waals surface area (Å²) in [7, 11) is 0. The van der Waals surface area contributed by atoms with E-state index in [-0.39, 0.29) is 5.78 Å². The Morgan fingerprint density at radius 2 is 1.72 bits per heavy atom. The second-order valence-corrected chi connectivity index (χ2v) is 6.36. The first kappa shape index (κ1) is 16.9. The molecule has 0 aliphatic carbocycles. The zero-order chi connectivity index (χ0) is 18.0. The molecule has 0 fully saturated rings. The standard InChI is InChI=1S/C22H22N2O/c1-15-6-5-7-22(12-15)24-16(2)13-20(17(24)3)14-23-21-10-8-19(9-11-21)18(4)25/h5-14H,1-4H3. The normalized spacial score (nSPS) is 11.2. The van der Waals surface area contributed by atoms with Crippen LogP contribution in [0, 0.1) is 20.8 Å². The van der Waals surface area contributed by atoms with Crippen molar-refractivity contribution in [2.75, 3.05) is 0 Å². The van der Waals surface area contributed by atoms with Crippen molar-refractivity contribution in [1.82, 2.24) is 4.57 Å². The molecule has 126 valence electrons. The molecule has 25 heavy (non-hydrogen) atoms. The number of ketones is 1. The second kappa shape index (κ2) is 6.89. The van der Waals surface area contributed by atoms with Crippen molar-refractivity contribution >= 4 is 17.7 Å². The minimum Gasteiger partial charge on any atom is -0.318 e. The first-order valence-corrected chi connectivity index (χ1v) is 8.37. The Labute approximate surface area is 148 Å². The molecule has 0 aliphatic rings. The number of aryl methyl sites for hydroxylation is 2. The van der Waals surface area contributed by atoms with Crippen LogP contribution in [0.25, 0.3) is 5.69 Å². The third-order valence-corrected chi connectivity index (χ3v) is 4.36. The van der Waals surface area contributed by atoms with E-state index in [4.69, 9.17) is 0 Å². The first-order valence-electron chi connectivity index (χ1n) is 8.37. The molecule has 0 amide bonds. The predicted molar refractivity (Wildman–Crippen MR) is 104 cm³/mol. The Kier molecular flexibility index (Phi) is 4.66. The molecule has 2 aromatic carbocycles. The molecule has 0 spiro atoms. The Hall–Kier alpha value is -2.94. The van der Waals surface area contributed by atoms with Crippen LogP contribution in [0.2, 0.25) is 0 Å². The van der Waals surface area contributed by atoms with Gasteiger partial charge in [-0.25, -0.2) is 0 Å². The van der Waals surface area contributed by atoms with Crippen LogP contribution in [0.3, 0.4) is 0 Å². The molecule has 1 aromatic heterocycles. The van der Waals surface area contributed by atoms with Crippen LogP contribution >= 0.6 is 0 Å². The predicted octanol–water partition coefficient (Wildman–Crippen LogP) is 5.36. The molecule has 0 radical (unpaired) electrons. The van der Waals surface area contributed by atoms with Gasteiger partial charge in [0.2, 0.25) is 0 Å². The smallest absolute Gasteiger partial charge is 0.159 e. The number of Topliss-reactive ketones (excluding diaryl/α,β-unsaturated/α-hetero) is 1. The Balaban J connectivity index is 1.91. The number of benzene rings is 2. The van der Waals surface area contributed by atoms with Crippen LogP contribution < -0.4 is 0 Å². The molecule has 0 atom stereocenters. The molecule has 0 N–H and O–H groups in total. The largest absolute Gasteiger partial charge is 0.318 e. The van der Waals surface area contributed by atoms with Crippen molar-refractivity contribution in [3.8, 4) is 5.69 Å². The molecular weight excluding hydrogens is 308 g/mol.